The van der Waals surface area contributed by atoms with Crippen LogP contribution in [0.5, 0.6) is 0 Å². The van der Waals surface area contributed by atoms with Gasteiger partial charge in [-0.1, -0.05) is 0 Å². The lowest BCUT2D eigenvalue weighted by Crippen LogP contribution is -2.42. The smallest absolute Gasteiger partial charge is 0.0820 e. The van der Waals surface area contributed by atoms with Crippen LogP contribution in [-0.2, 0) is 18.2 Å². The van der Waals surface area contributed by atoms with Gasteiger partial charge in [-0.3, -0.25) is 4.68 Å². The van der Waals surface area contributed by atoms with Gasteiger partial charge in [-0.05, 0) is 6.07 Å². The second-order valence-corrected chi connectivity index (χ2v) is 4.98. The molecule has 0 spiro atoms. The molecule has 2 unspecified atom stereocenters. The van der Waals surface area contributed by atoms with Gasteiger partial charge in [0.25, 0.3) is 0 Å². The van der Waals surface area contributed by atoms with E-state index in [1.54, 1.807) is 4.68 Å². The molecule has 1 aromatic heterocycles. The van der Waals surface area contributed by atoms with Crippen LogP contribution in [0.25, 0.3) is 0 Å². The largest absolute Gasteiger partial charge is 0.375 e. The minimum atomic E-state index is 0.0627. The van der Waals surface area contributed by atoms with Gasteiger partial charge in [0.15, 0.2) is 0 Å². The number of nitrogens with two attached hydrogens (primary N) is 1. The fraction of sp³-hybridized carbons (Fsp3) is 0.700. The van der Waals surface area contributed by atoms with E-state index in [1.807, 2.05) is 31.1 Å². The first-order valence-electron chi connectivity index (χ1n) is 5.19. The highest BCUT2D eigenvalue weighted by atomic mass is 32.2. The molecule has 1 saturated heterocycles. The minimum Gasteiger partial charge on any atom is -0.375 e. The number of thioether (sulfide) groups is 1. The third-order valence-corrected chi connectivity index (χ3v) is 3.55. The van der Waals surface area contributed by atoms with Crippen LogP contribution in [0.1, 0.15) is 5.69 Å². The van der Waals surface area contributed by atoms with Crippen LogP contribution >= 0.6 is 11.8 Å². The molecule has 1 aromatic rings. The first kappa shape index (κ1) is 11.0. The van der Waals surface area contributed by atoms with Gasteiger partial charge in [-0.2, -0.15) is 16.9 Å². The number of aromatic nitrogens is 2. The molecule has 84 valence electrons. The van der Waals surface area contributed by atoms with Crippen molar-refractivity contribution in [3.05, 3.63) is 18.0 Å². The molecule has 0 bridgehead atoms. The van der Waals surface area contributed by atoms with Gasteiger partial charge in [0.1, 0.15) is 0 Å². The van der Waals surface area contributed by atoms with E-state index in [9.17, 15) is 0 Å². The number of rotatable bonds is 3. The Morgan fingerprint density at radius 3 is 3.27 bits per heavy atom. The Labute approximate surface area is 94.2 Å². The van der Waals surface area contributed by atoms with E-state index >= 15 is 0 Å². The molecule has 0 radical (unpaired) electrons. The summed E-state index contributed by atoms with van der Waals surface area (Å²) >= 11 is 1.92. The van der Waals surface area contributed by atoms with Crippen LogP contribution in [0.2, 0.25) is 0 Å². The van der Waals surface area contributed by atoms with Crippen LogP contribution in [0, 0.1) is 0 Å². The second-order valence-electron chi connectivity index (χ2n) is 3.83. The molecule has 15 heavy (non-hydrogen) atoms. The van der Waals surface area contributed by atoms with Crippen LogP contribution in [0.3, 0.4) is 0 Å². The summed E-state index contributed by atoms with van der Waals surface area (Å²) < 4.78 is 7.44. The van der Waals surface area contributed by atoms with E-state index in [1.165, 1.54) is 0 Å². The van der Waals surface area contributed by atoms with Crippen molar-refractivity contribution in [2.75, 3.05) is 18.1 Å². The van der Waals surface area contributed by atoms with Gasteiger partial charge in [0.2, 0.25) is 0 Å². The van der Waals surface area contributed by atoms with Gasteiger partial charge in [0.05, 0.1) is 18.4 Å². The quantitative estimate of drug-likeness (QED) is 0.813. The molecule has 0 saturated carbocycles. The highest BCUT2D eigenvalue weighted by molar-refractivity contribution is 7.99. The normalized spacial score (nSPS) is 24.0. The fourth-order valence-electron chi connectivity index (χ4n) is 1.70. The van der Waals surface area contributed by atoms with Gasteiger partial charge < -0.3 is 10.5 Å². The van der Waals surface area contributed by atoms with Crippen LogP contribution in [-0.4, -0.2) is 40.0 Å². The first-order chi connectivity index (χ1) is 7.25. The maximum atomic E-state index is 6.10. The van der Waals surface area contributed by atoms with Gasteiger partial charge >= 0.3 is 0 Å². The molecule has 0 aromatic carbocycles. The Bertz CT molecular complexity index is 309. The third kappa shape index (κ3) is 2.96. The summed E-state index contributed by atoms with van der Waals surface area (Å²) in [6.45, 7) is 0.825. The van der Waals surface area contributed by atoms with Crippen LogP contribution in [0.15, 0.2) is 12.3 Å². The molecule has 1 aliphatic heterocycles. The van der Waals surface area contributed by atoms with E-state index in [0.717, 1.165) is 30.2 Å². The third-order valence-electron chi connectivity index (χ3n) is 2.53. The molecule has 4 nitrogen and oxygen atoms in total. The van der Waals surface area contributed by atoms with Gasteiger partial charge in [-0.25, -0.2) is 0 Å². The van der Waals surface area contributed by atoms with Crippen LogP contribution < -0.4 is 5.73 Å². The lowest BCUT2D eigenvalue weighted by molar-refractivity contribution is 0.0569. The number of nitrogens with zero attached hydrogens (tertiary/aromatic N) is 2. The van der Waals surface area contributed by atoms with E-state index in [2.05, 4.69) is 5.10 Å². The predicted octanol–water partition coefficient (Wildman–Crippen LogP) is 0.422. The Hall–Kier alpha value is -0.520. The summed E-state index contributed by atoms with van der Waals surface area (Å²) in [5.74, 6) is 2.10. The Balaban J connectivity index is 1.88. The van der Waals surface area contributed by atoms with E-state index in [0.29, 0.717) is 0 Å². The monoisotopic (exact) mass is 227 g/mol. The van der Waals surface area contributed by atoms with Crippen molar-refractivity contribution in [3.63, 3.8) is 0 Å². The minimum absolute atomic E-state index is 0.0627. The van der Waals surface area contributed by atoms with Gasteiger partial charge in [-0.15, -0.1) is 0 Å². The van der Waals surface area contributed by atoms with E-state index in [4.69, 9.17) is 10.5 Å². The Morgan fingerprint density at radius 2 is 2.67 bits per heavy atom. The zero-order valence-corrected chi connectivity index (χ0v) is 9.74. The summed E-state index contributed by atoms with van der Waals surface area (Å²) in [4.78, 5) is 0. The lowest BCUT2D eigenvalue weighted by atomic mass is 10.1. The van der Waals surface area contributed by atoms with E-state index < -0.39 is 0 Å². The van der Waals surface area contributed by atoms with Crippen molar-refractivity contribution in [2.24, 2.45) is 12.8 Å². The topological polar surface area (TPSA) is 53.1 Å². The highest BCUT2D eigenvalue weighted by Gasteiger charge is 2.22. The molecule has 2 atom stereocenters. The maximum Gasteiger partial charge on any atom is 0.0820 e. The molecule has 2 heterocycles. The summed E-state index contributed by atoms with van der Waals surface area (Å²) in [6, 6.07) is 2.07. The van der Waals surface area contributed by atoms with Gasteiger partial charge in [0, 0.05) is 37.2 Å². The average Bonchev–Trinajstić information content (AvgIpc) is 2.65. The van der Waals surface area contributed by atoms with Crippen LogP contribution in [0.4, 0.5) is 0 Å². The zero-order chi connectivity index (χ0) is 10.7. The van der Waals surface area contributed by atoms with E-state index in [-0.39, 0.29) is 12.1 Å². The molecule has 0 aliphatic carbocycles. The summed E-state index contributed by atoms with van der Waals surface area (Å²) in [5.41, 5.74) is 7.15. The average molecular weight is 227 g/mol. The molecule has 0 amide bonds. The van der Waals surface area contributed by atoms with Crippen molar-refractivity contribution in [3.8, 4) is 0 Å². The summed E-state index contributed by atoms with van der Waals surface area (Å²) in [7, 11) is 1.92. The first-order valence-corrected chi connectivity index (χ1v) is 6.34. The molecule has 5 heteroatoms. The number of hydrogen-bond donors (Lipinski definition) is 1. The van der Waals surface area contributed by atoms with Crippen molar-refractivity contribution in [1.29, 1.82) is 0 Å². The SMILES string of the molecule is Cn1ccc(CC(N)C2CSCCO2)n1. The molecular weight excluding hydrogens is 210 g/mol. The molecule has 2 rings (SSSR count). The summed E-state index contributed by atoms with van der Waals surface area (Å²) in [6.07, 6.45) is 2.93. The Morgan fingerprint density at radius 1 is 1.80 bits per heavy atom. The van der Waals surface area contributed by atoms with Crippen molar-refractivity contribution in [1.82, 2.24) is 9.78 Å². The number of ether oxygens (including phenoxy) is 1. The molecule has 2 N–H and O–H groups in total. The standard InChI is InChI=1S/C10H17N3OS/c1-13-3-2-8(12-13)6-9(11)10-7-15-5-4-14-10/h2-3,9-10H,4-7,11H2,1H3. The lowest BCUT2D eigenvalue weighted by Gasteiger charge is -2.27. The van der Waals surface area contributed by atoms with Crippen molar-refractivity contribution in [2.45, 2.75) is 18.6 Å². The predicted molar refractivity (Wildman–Crippen MR) is 62.0 cm³/mol. The Kier molecular flexibility index (Phi) is 3.66. The second kappa shape index (κ2) is 5.01. The number of hydrogen-bond acceptors (Lipinski definition) is 4. The fourth-order valence-corrected chi connectivity index (χ4v) is 2.65. The zero-order valence-electron chi connectivity index (χ0n) is 8.93. The van der Waals surface area contributed by atoms with Crippen molar-refractivity contribution < 1.29 is 4.74 Å². The number of aryl methyl sites for hydroxylation is 1. The highest BCUT2D eigenvalue weighted by Crippen LogP contribution is 2.16. The molecule has 1 fully saturated rings. The summed E-state index contributed by atoms with van der Waals surface area (Å²) in [5, 5.41) is 4.32. The maximum absolute atomic E-state index is 6.10. The van der Waals surface area contributed by atoms with Crippen molar-refractivity contribution >= 4 is 11.8 Å². The molecular formula is C10H17N3OS. The molecule has 1 aliphatic rings.